The van der Waals surface area contributed by atoms with Crippen LogP contribution in [-0.4, -0.2) is 18.7 Å². The van der Waals surface area contributed by atoms with E-state index in [1.54, 1.807) is 13.2 Å². The Morgan fingerprint density at radius 3 is 2.94 bits per heavy atom. The van der Waals surface area contributed by atoms with Gasteiger partial charge in [0.25, 0.3) is 0 Å². The van der Waals surface area contributed by atoms with Gasteiger partial charge in [0.05, 0.1) is 25.8 Å². The van der Waals surface area contributed by atoms with E-state index in [9.17, 15) is 0 Å². The van der Waals surface area contributed by atoms with Crippen LogP contribution in [0.4, 0.5) is 0 Å². The summed E-state index contributed by atoms with van der Waals surface area (Å²) in [4.78, 5) is 4.34. The highest BCUT2D eigenvalue weighted by molar-refractivity contribution is 6.30. The molecule has 0 aliphatic carbocycles. The van der Waals surface area contributed by atoms with Gasteiger partial charge in [0.2, 0.25) is 0 Å². The third-order valence-corrected chi connectivity index (χ3v) is 2.87. The maximum Gasteiger partial charge on any atom is 0.135 e. The standard InChI is InChI=1S/C14H14ClNO2/c1-3-6-18-9-11-7-10-4-5-12(17-2)8-13(10)16-14(11)15/h3-5,7-8H,1,6,9H2,2H3. The molecule has 0 N–H and O–H groups in total. The molecule has 1 heterocycles. The van der Waals surface area contributed by atoms with Crippen LogP contribution in [0.2, 0.25) is 5.15 Å². The van der Waals surface area contributed by atoms with Crippen LogP contribution < -0.4 is 4.74 Å². The number of hydrogen-bond donors (Lipinski definition) is 0. The molecule has 0 amide bonds. The summed E-state index contributed by atoms with van der Waals surface area (Å²) in [6.45, 7) is 4.52. The van der Waals surface area contributed by atoms with Crippen LogP contribution in [0.25, 0.3) is 10.9 Å². The van der Waals surface area contributed by atoms with E-state index in [1.807, 2.05) is 24.3 Å². The first-order chi connectivity index (χ1) is 8.74. The van der Waals surface area contributed by atoms with Gasteiger partial charge >= 0.3 is 0 Å². The second-order valence-electron chi connectivity index (χ2n) is 3.80. The van der Waals surface area contributed by atoms with Crippen molar-refractivity contribution in [3.63, 3.8) is 0 Å². The minimum atomic E-state index is 0.430. The number of benzene rings is 1. The van der Waals surface area contributed by atoms with Crippen LogP contribution in [0.3, 0.4) is 0 Å². The first-order valence-electron chi connectivity index (χ1n) is 5.56. The van der Waals surface area contributed by atoms with Crippen LogP contribution in [0.1, 0.15) is 5.56 Å². The van der Waals surface area contributed by atoms with Gasteiger partial charge in [-0.1, -0.05) is 17.7 Å². The summed E-state index contributed by atoms with van der Waals surface area (Å²) >= 11 is 6.12. The lowest BCUT2D eigenvalue weighted by Gasteiger charge is -2.07. The zero-order valence-electron chi connectivity index (χ0n) is 10.1. The second-order valence-corrected chi connectivity index (χ2v) is 4.16. The molecule has 0 spiro atoms. The number of rotatable bonds is 5. The van der Waals surface area contributed by atoms with Crippen molar-refractivity contribution in [3.05, 3.63) is 47.6 Å². The maximum atomic E-state index is 6.12. The lowest BCUT2D eigenvalue weighted by molar-refractivity contribution is 0.149. The Morgan fingerprint density at radius 1 is 1.39 bits per heavy atom. The number of aromatic nitrogens is 1. The molecule has 1 aromatic heterocycles. The summed E-state index contributed by atoms with van der Waals surface area (Å²) in [5, 5.41) is 1.47. The summed E-state index contributed by atoms with van der Waals surface area (Å²) in [5.74, 6) is 0.765. The average molecular weight is 264 g/mol. The molecule has 0 unspecified atom stereocenters. The lowest BCUT2D eigenvalue weighted by Crippen LogP contribution is -1.96. The van der Waals surface area contributed by atoms with Gasteiger partial charge in [0.15, 0.2) is 0 Å². The molecule has 3 nitrogen and oxygen atoms in total. The highest BCUT2D eigenvalue weighted by Crippen LogP contribution is 2.24. The van der Waals surface area contributed by atoms with Gasteiger partial charge in [-0.25, -0.2) is 4.98 Å². The molecule has 1 aromatic carbocycles. The highest BCUT2D eigenvalue weighted by atomic mass is 35.5. The molecule has 0 atom stereocenters. The monoisotopic (exact) mass is 263 g/mol. The molecule has 0 aliphatic heterocycles. The molecule has 0 aliphatic rings. The van der Waals surface area contributed by atoms with E-state index in [0.29, 0.717) is 18.4 Å². The number of ether oxygens (including phenoxy) is 2. The number of halogens is 1. The number of methoxy groups -OCH3 is 1. The van der Waals surface area contributed by atoms with Crippen LogP contribution in [0.5, 0.6) is 5.75 Å². The topological polar surface area (TPSA) is 31.4 Å². The first kappa shape index (κ1) is 12.9. The Morgan fingerprint density at radius 2 is 2.22 bits per heavy atom. The highest BCUT2D eigenvalue weighted by Gasteiger charge is 2.06. The lowest BCUT2D eigenvalue weighted by atomic mass is 10.1. The van der Waals surface area contributed by atoms with E-state index < -0.39 is 0 Å². The van der Waals surface area contributed by atoms with E-state index in [0.717, 1.165) is 22.2 Å². The van der Waals surface area contributed by atoms with Crippen molar-refractivity contribution in [1.29, 1.82) is 0 Å². The Hall–Kier alpha value is -1.58. The van der Waals surface area contributed by atoms with Crippen LogP contribution in [-0.2, 0) is 11.3 Å². The minimum Gasteiger partial charge on any atom is -0.497 e. The predicted octanol–water partition coefficient (Wildman–Crippen LogP) is 3.60. The molecule has 0 radical (unpaired) electrons. The molecule has 4 heteroatoms. The van der Waals surface area contributed by atoms with Gasteiger partial charge in [-0.15, -0.1) is 6.58 Å². The molecular formula is C14H14ClNO2. The molecule has 0 fully saturated rings. The largest absolute Gasteiger partial charge is 0.497 e. The molecule has 94 valence electrons. The first-order valence-corrected chi connectivity index (χ1v) is 5.94. The fourth-order valence-corrected chi connectivity index (χ4v) is 1.85. The molecule has 0 saturated heterocycles. The second kappa shape index (κ2) is 5.85. The fourth-order valence-electron chi connectivity index (χ4n) is 1.65. The van der Waals surface area contributed by atoms with Crippen molar-refractivity contribution in [2.24, 2.45) is 0 Å². The summed E-state index contributed by atoms with van der Waals surface area (Å²) in [6.07, 6.45) is 1.70. The maximum absolute atomic E-state index is 6.12. The van der Waals surface area contributed by atoms with Crippen LogP contribution in [0.15, 0.2) is 36.9 Å². The number of nitrogens with zero attached hydrogens (tertiary/aromatic N) is 1. The summed E-state index contributed by atoms with van der Waals surface area (Å²) in [6, 6.07) is 7.68. The van der Waals surface area contributed by atoms with E-state index in [2.05, 4.69) is 11.6 Å². The van der Waals surface area contributed by atoms with Crippen LogP contribution >= 0.6 is 11.6 Å². The number of fused-ring (bicyclic) bond motifs is 1. The Labute approximate surface area is 111 Å². The molecule has 2 rings (SSSR count). The quantitative estimate of drug-likeness (QED) is 0.469. The van der Waals surface area contributed by atoms with Gasteiger partial charge in [-0.05, 0) is 18.2 Å². The minimum absolute atomic E-state index is 0.430. The summed E-state index contributed by atoms with van der Waals surface area (Å²) in [5.41, 5.74) is 1.68. The van der Waals surface area contributed by atoms with Crippen molar-refractivity contribution < 1.29 is 9.47 Å². The Balaban J connectivity index is 2.33. The van der Waals surface area contributed by atoms with E-state index in [-0.39, 0.29) is 0 Å². The molecule has 0 saturated carbocycles. The molecular weight excluding hydrogens is 250 g/mol. The molecule has 18 heavy (non-hydrogen) atoms. The van der Waals surface area contributed by atoms with Crippen molar-refractivity contribution in [2.75, 3.05) is 13.7 Å². The van der Waals surface area contributed by atoms with E-state index in [1.165, 1.54) is 0 Å². The van der Waals surface area contributed by atoms with Gasteiger partial charge in [0, 0.05) is 17.0 Å². The molecule has 2 aromatic rings. The Bertz CT molecular complexity index is 569. The SMILES string of the molecule is C=CCOCc1cc2ccc(OC)cc2nc1Cl. The van der Waals surface area contributed by atoms with Gasteiger partial charge in [-0.2, -0.15) is 0 Å². The number of pyridine rings is 1. The zero-order chi connectivity index (χ0) is 13.0. The smallest absolute Gasteiger partial charge is 0.135 e. The predicted molar refractivity (Wildman–Crippen MR) is 73.2 cm³/mol. The van der Waals surface area contributed by atoms with Crippen molar-refractivity contribution in [3.8, 4) is 5.75 Å². The summed E-state index contributed by atoms with van der Waals surface area (Å²) < 4.78 is 10.5. The van der Waals surface area contributed by atoms with Crippen molar-refractivity contribution in [2.45, 2.75) is 6.61 Å². The number of hydrogen-bond acceptors (Lipinski definition) is 3. The van der Waals surface area contributed by atoms with Gasteiger partial charge < -0.3 is 9.47 Å². The van der Waals surface area contributed by atoms with Crippen molar-refractivity contribution >= 4 is 22.5 Å². The third kappa shape index (κ3) is 2.81. The van der Waals surface area contributed by atoms with Crippen molar-refractivity contribution in [1.82, 2.24) is 4.98 Å². The summed E-state index contributed by atoms with van der Waals surface area (Å²) in [7, 11) is 1.63. The average Bonchev–Trinajstić information content (AvgIpc) is 2.39. The fraction of sp³-hybridized carbons (Fsp3) is 0.214. The zero-order valence-corrected chi connectivity index (χ0v) is 10.9. The van der Waals surface area contributed by atoms with E-state index >= 15 is 0 Å². The van der Waals surface area contributed by atoms with Gasteiger partial charge in [0.1, 0.15) is 10.9 Å². The normalized spacial score (nSPS) is 10.6. The molecule has 0 bridgehead atoms. The van der Waals surface area contributed by atoms with E-state index in [4.69, 9.17) is 21.1 Å². The van der Waals surface area contributed by atoms with Crippen LogP contribution in [0, 0.1) is 0 Å². The van der Waals surface area contributed by atoms with Gasteiger partial charge in [-0.3, -0.25) is 0 Å². The third-order valence-electron chi connectivity index (χ3n) is 2.54. The Kier molecular flexibility index (Phi) is 4.18.